The Morgan fingerprint density at radius 2 is 2.04 bits per heavy atom. The van der Waals surface area contributed by atoms with Crippen LogP contribution >= 0.6 is 11.3 Å². The first-order valence-electron chi connectivity index (χ1n) is 8.25. The minimum Gasteiger partial charge on any atom is -0.454 e. The summed E-state index contributed by atoms with van der Waals surface area (Å²) in [4.78, 5) is 16.8. The molecular weight excluding hydrogens is 366 g/mol. The van der Waals surface area contributed by atoms with Crippen molar-refractivity contribution in [2.24, 2.45) is 0 Å². The van der Waals surface area contributed by atoms with Crippen LogP contribution in [0.2, 0.25) is 0 Å². The van der Waals surface area contributed by atoms with E-state index < -0.39 is 0 Å². The average Bonchev–Trinajstić information content (AvgIpc) is 3.41. The third-order valence-electron chi connectivity index (χ3n) is 4.20. The van der Waals surface area contributed by atoms with Crippen molar-refractivity contribution in [1.29, 1.82) is 0 Å². The fourth-order valence-corrected chi connectivity index (χ4v) is 3.64. The summed E-state index contributed by atoms with van der Waals surface area (Å²) in [6.07, 6.45) is 0.121. The molecule has 0 saturated heterocycles. The quantitative estimate of drug-likeness (QED) is 0.579. The van der Waals surface area contributed by atoms with E-state index in [-0.39, 0.29) is 19.1 Å². The Balaban J connectivity index is 1.31. The zero-order valence-electron chi connectivity index (χ0n) is 14.0. The normalized spacial score (nSPS) is 12.4. The summed E-state index contributed by atoms with van der Waals surface area (Å²) in [5.74, 6) is 1.23. The van der Waals surface area contributed by atoms with E-state index >= 15 is 0 Å². The van der Waals surface area contributed by atoms with Crippen LogP contribution in [-0.2, 0) is 11.2 Å². The van der Waals surface area contributed by atoms with E-state index in [0.717, 1.165) is 22.4 Å². The molecule has 0 fully saturated rings. The van der Waals surface area contributed by atoms with Gasteiger partial charge in [0.2, 0.25) is 12.7 Å². The minimum atomic E-state index is -0.194. The van der Waals surface area contributed by atoms with Crippen molar-refractivity contribution in [3.8, 4) is 22.8 Å². The van der Waals surface area contributed by atoms with Gasteiger partial charge in [0.15, 0.2) is 22.2 Å². The summed E-state index contributed by atoms with van der Waals surface area (Å²) in [6.45, 7) is 0.230. The number of carbonyl (C=O) groups is 1. The summed E-state index contributed by atoms with van der Waals surface area (Å²) in [6, 6.07) is 13.1. The maximum absolute atomic E-state index is 12.4. The zero-order chi connectivity index (χ0) is 18.2. The summed E-state index contributed by atoms with van der Waals surface area (Å²) >= 11 is 1.36. The molecular formula is C19H13N3O4S. The molecule has 0 atom stereocenters. The molecule has 2 aromatic heterocycles. The van der Waals surface area contributed by atoms with Gasteiger partial charge in [0.05, 0.1) is 12.1 Å². The second kappa shape index (κ2) is 6.40. The molecule has 1 amide bonds. The van der Waals surface area contributed by atoms with Crippen molar-refractivity contribution in [3.63, 3.8) is 0 Å². The van der Waals surface area contributed by atoms with E-state index in [1.807, 2.05) is 47.8 Å². The third-order valence-corrected chi connectivity index (χ3v) is 4.96. The van der Waals surface area contributed by atoms with Crippen molar-refractivity contribution in [1.82, 2.24) is 10.1 Å². The number of benzene rings is 2. The first kappa shape index (κ1) is 15.8. The highest BCUT2D eigenvalue weighted by atomic mass is 32.1. The minimum absolute atomic E-state index is 0.121. The molecule has 0 radical (unpaired) electrons. The fraction of sp³-hybridized carbons (Fsp3) is 0.105. The Kier molecular flexibility index (Phi) is 3.75. The highest BCUT2D eigenvalue weighted by molar-refractivity contribution is 7.14. The summed E-state index contributed by atoms with van der Waals surface area (Å²) in [7, 11) is 0. The highest BCUT2D eigenvalue weighted by Crippen LogP contribution is 2.36. The van der Waals surface area contributed by atoms with E-state index in [1.165, 1.54) is 11.3 Å². The lowest BCUT2D eigenvalue weighted by atomic mass is 10.1. The number of amides is 1. The van der Waals surface area contributed by atoms with Gasteiger partial charge in [-0.3, -0.25) is 4.79 Å². The van der Waals surface area contributed by atoms with Crippen LogP contribution in [-0.4, -0.2) is 22.8 Å². The molecule has 8 heteroatoms. The molecule has 0 unspecified atom stereocenters. The van der Waals surface area contributed by atoms with Gasteiger partial charge < -0.3 is 19.3 Å². The second-order valence-corrected chi connectivity index (χ2v) is 6.81. The second-order valence-electron chi connectivity index (χ2n) is 5.96. The molecule has 134 valence electrons. The predicted octanol–water partition coefficient (Wildman–Crippen LogP) is 3.86. The maximum Gasteiger partial charge on any atom is 0.232 e. The van der Waals surface area contributed by atoms with Gasteiger partial charge in [-0.1, -0.05) is 17.3 Å². The third kappa shape index (κ3) is 3.00. The number of carbonyl (C=O) groups excluding carboxylic acids is 1. The Morgan fingerprint density at radius 1 is 1.15 bits per heavy atom. The molecule has 1 aliphatic heterocycles. The molecule has 1 N–H and O–H groups in total. The maximum atomic E-state index is 12.4. The monoisotopic (exact) mass is 379 g/mol. The van der Waals surface area contributed by atoms with Gasteiger partial charge in [-0.25, -0.2) is 4.98 Å². The van der Waals surface area contributed by atoms with Crippen molar-refractivity contribution in [2.75, 3.05) is 12.1 Å². The summed E-state index contributed by atoms with van der Waals surface area (Å²) in [5, 5.41) is 10.1. The lowest BCUT2D eigenvalue weighted by molar-refractivity contribution is -0.115. The first-order chi connectivity index (χ1) is 13.3. The van der Waals surface area contributed by atoms with Crippen LogP contribution < -0.4 is 14.8 Å². The number of ether oxygens (including phenoxy) is 2. The van der Waals surface area contributed by atoms with Crippen molar-refractivity contribution in [2.45, 2.75) is 6.42 Å². The van der Waals surface area contributed by atoms with Gasteiger partial charge in [0.1, 0.15) is 5.69 Å². The van der Waals surface area contributed by atoms with E-state index in [9.17, 15) is 4.79 Å². The molecule has 0 bridgehead atoms. The average molecular weight is 379 g/mol. The van der Waals surface area contributed by atoms with Crippen LogP contribution in [0.3, 0.4) is 0 Å². The van der Waals surface area contributed by atoms with Gasteiger partial charge in [-0.05, 0) is 30.3 Å². The number of anilines is 1. The topological polar surface area (TPSA) is 86.5 Å². The number of aromatic nitrogens is 2. The number of thiazole rings is 1. The van der Waals surface area contributed by atoms with E-state index in [4.69, 9.17) is 14.0 Å². The molecule has 0 saturated carbocycles. The van der Waals surface area contributed by atoms with E-state index in [2.05, 4.69) is 15.5 Å². The molecule has 3 heterocycles. The van der Waals surface area contributed by atoms with E-state index in [0.29, 0.717) is 22.2 Å². The van der Waals surface area contributed by atoms with Crippen molar-refractivity contribution < 1.29 is 18.8 Å². The molecule has 1 aliphatic rings. The Labute approximate surface area is 157 Å². The van der Waals surface area contributed by atoms with Gasteiger partial charge in [0, 0.05) is 16.3 Å². The Bertz CT molecular complexity index is 1150. The van der Waals surface area contributed by atoms with Gasteiger partial charge in [-0.2, -0.15) is 0 Å². The lowest BCUT2D eigenvalue weighted by Gasteiger charge is -2.01. The number of rotatable bonds is 4. The number of para-hydroxylation sites is 1. The number of nitrogens with one attached hydrogen (secondary N) is 1. The largest absolute Gasteiger partial charge is 0.454 e. The molecule has 0 spiro atoms. The van der Waals surface area contributed by atoms with Crippen molar-refractivity contribution in [3.05, 3.63) is 53.5 Å². The highest BCUT2D eigenvalue weighted by Gasteiger charge is 2.16. The zero-order valence-corrected chi connectivity index (χ0v) is 14.8. The van der Waals surface area contributed by atoms with Crippen LogP contribution in [0.25, 0.3) is 22.2 Å². The number of hydrogen-bond donors (Lipinski definition) is 1. The SMILES string of the molecule is O=C(Cc1noc2ccccc12)Nc1nc(-c2ccc3c(c2)OCO3)cs1. The molecule has 2 aromatic carbocycles. The van der Waals surface area contributed by atoms with Crippen LogP contribution in [0.5, 0.6) is 11.5 Å². The van der Waals surface area contributed by atoms with Gasteiger partial charge in [-0.15, -0.1) is 11.3 Å². The van der Waals surface area contributed by atoms with Gasteiger partial charge >= 0.3 is 0 Å². The summed E-state index contributed by atoms with van der Waals surface area (Å²) in [5.41, 5.74) is 2.94. The van der Waals surface area contributed by atoms with Crippen LogP contribution in [0, 0.1) is 0 Å². The van der Waals surface area contributed by atoms with Crippen LogP contribution in [0.4, 0.5) is 5.13 Å². The Hall–Kier alpha value is -3.39. The fourth-order valence-electron chi connectivity index (χ4n) is 2.90. The number of fused-ring (bicyclic) bond motifs is 2. The van der Waals surface area contributed by atoms with Crippen LogP contribution in [0.15, 0.2) is 52.4 Å². The standard InChI is InChI=1S/C19H13N3O4S/c23-18(8-13-12-3-1-2-4-15(12)26-22-13)21-19-20-14(9-27-19)11-5-6-16-17(7-11)25-10-24-16/h1-7,9H,8,10H2,(H,20,21,23). The molecule has 5 rings (SSSR count). The molecule has 27 heavy (non-hydrogen) atoms. The lowest BCUT2D eigenvalue weighted by Crippen LogP contribution is -2.14. The molecule has 0 aliphatic carbocycles. The predicted molar refractivity (Wildman–Crippen MR) is 100 cm³/mol. The number of hydrogen-bond acceptors (Lipinski definition) is 7. The van der Waals surface area contributed by atoms with Crippen molar-refractivity contribution >= 4 is 33.3 Å². The van der Waals surface area contributed by atoms with Crippen LogP contribution in [0.1, 0.15) is 5.69 Å². The number of nitrogens with zero attached hydrogens (tertiary/aromatic N) is 2. The smallest absolute Gasteiger partial charge is 0.232 e. The first-order valence-corrected chi connectivity index (χ1v) is 9.13. The molecule has 4 aromatic rings. The molecule has 7 nitrogen and oxygen atoms in total. The van der Waals surface area contributed by atoms with E-state index in [1.54, 1.807) is 0 Å². The summed E-state index contributed by atoms with van der Waals surface area (Å²) < 4.78 is 15.9. The Morgan fingerprint density at radius 3 is 3.00 bits per heavy atom. The van der Waals surface area contributed by atoms with Gasteiger partial charge in [0.25, 0.3) is 0 Å².